The van der Waals surface area contributed by atoms with Crippen LogP contribution in [0.3, 0.4) is 0 Å². The van der Waals surface area contributed by atoms with E-state index in [1.807, 2.05) is 13.8 Å². The minimum Gasteiger partial charge on any atom is -0.504 e. The Hall–Kier alpha value is -2.56. The number of phenolic OH excluding ortho intramolecular Hbond substituents is 1. The predicted molar refractivity (Wildman–Crippen MR) is 138 cm³/mol. The molecule has 2 aromatic carbocycles. The lowest BCUT2D eigenvalue weighted by Gasteiger charge is -2.40. The second-order valence-corrected chi connectivity index (χ2v) is 10.1. The van der Waals surface area contributed by atoms with Gasteiger partial charge in [0.1, 0.15) is 54.6 Å². The first-order valence-electron chi connectivity index (χ1n) is 12.8. The molecule has 0 amide bonds. The summed E-state index contributed by atoms with van der Waals surface area (Å²) in [6.45, 7) is 2.34. The van der Waals surface area contributed by atoms with Gasteiger partial charge in [-0.1, -0.05) is 35.9 Å². The summed E-state index contributed by atoms with van der Waals surface area (Å²) in [7, 11) is 0. The van der Waals surface area contributed by atoms with Crippen molar-refractivity contribution >= 4 is 10.8 Å². The second kappa shape index (κ2) is 12.5. The SMILES string of the molecule is CC(C)=CCc1c(O)c(OC2OC(CO)C(O)C(O)C2O)c2ccccc2c1OC1OC(CO)C(O)C(O)C1O. The number of aliphatic hydroxyl groups excluding tert-OH is 8. The summed E-state index contributed by atoms with van der Waals surface area (Å²) in [5.41, 5.74) is 1.05. The van der Waals surface area contributed by atoms with Gasteiger partial charge in [0.25, 0.3) is 0 Å². The summed E-state index contributed by atoms with van der Waals surface area (Å²) in [5.74, 6) is -0.540. The molecule has 0 aliphatic carbocycles. The number of hydrogen-bond donors (Lipinski definition) is 9. The summed E-state index contributed by atoms with van der Waals surface area (Å²) in [5, 5.41) is 93.0. The molecule has 9 N–H and O–H groups in total. The molecule has 13 nitrogen and oxygen atoms in total. The average Bonchev–Trinajstić information content (AvgIpc) is 2.94. The van der Waals surface area contributed by atoms with Gasteiger partial charge in [0.05, 0.1) is 13.2 Å². The first-order chi connectivity index (χ1) is 19.0. The lowest BCUT2D eigenvalue weighted by molar-refractivity contribution is -0.277. The van der Waals surface area contributed by atoms with E-state index in [4.69, 9.17) is 18.9 Å². The van der Waals surface area contributed by atoms with Gasteiger partial charge in [-0.15, -0.1) is 0 Å². The number of ether oxygens (including phenoxy) is 4. The third-order valence-electron chi connectivity index (χ3n) is 7.07. The van der Waals surface area contributed by atoms with Crippen LogP contribution in [0.1, 0.15) is 19.4 Å². The van der Waals surface area contributed by atoms with Crippen LogP contribution in [0.15, 0.2) is 35.9 Å². The summed E-state index contributed by atoms with van der Waals surface area (Å²) in [6, 6.07) is 6.50. The van der Waals surface area contributed by atoms with Gasteiger partial charge in [-0.3, -0.25) is 0 Å². The van der Waals surface area contributed by atoms with E-state index in [1.165, 1.54) is 0 Å². The van der Waals surface area contributed by atoms with Crippen molar-refractivity contribution < 1.29 is 64.9 Å². The number of phenols is 1. The fraction of sp³-hybridized carbons (Fsp3) is 0.556. The first-order valence-corrected chi connectivity index (χ1v) is 12.8. The van der Waals surface area contributed by atoms with Crippen LogP contribution in [0.5, 0.6) is 17.2 Å². The zero-order valence-electron chi connectivity index (χ0n) is 21.9. The Morgan fingerprint density at radius 2 is 1.18 bits per heavy atom. The Morgan fingerprint density at radius 1 is 0.725 bits per heavy atom. The molecule has 40 heavy (non-hydrogen) atoms. The maximum absolute atomic E-state index is 11.5. The highest BCUT2D eigenvalue weighted by Crippen LogP contribution is 2.47. The van der Waals surface area contributed by atoms with Gasteiger partial charge >= 0.3 is 0 Å². The summed E-state index contributed by atoms with van der Waals surface area (Å²) in [6.07, 6.45) is -13.7. The van der Waals surface area contributed by atoms with Gasteiger partial charge in [-0.2, -0.15) is 0 Å². The summed E-state index contributed by atoms with van der Waals surface area (Å²) < 4.78 is 22.9. The molecule has 2 aliphatic rings. The molecular weight excluding hydrogens is 532 g/mol. The van der Waals surface area contributed by atoms with Crippen molar-refractivity contribution in [1.29, 1.82) is 0 Å². The molecule has 13 heteroatoms. The van der Waals surface area contributed by atoms with E-state index in [0.29, 0.717) is 5.39 Å². The zero-order chi connectivity index (χ0) is 29.3. The third-order valence-corrected chi connectivity index (χ3v) is 7.07. The van der Waals surface area contributed by atoms with E-state index >= 15 is 0 Å². The number of fused-ring (bicyclic) bond motifs is 1. The quantitative estimate of drug-likeness (QED) is 0.164. The molecule has 0 bridgehead atoms. The lowest BCUT2D eigenvalue weighted by atomic mass is 9.97. The van der Waals surface area contributed by atoms with Crippen LogP contribution in [-0.2, 0) is 15.9 Å². The Kier molecular flexibility index (Phi) is 9.52. The fourth-order valence-electron chi connectivity index (χ4n) is 4.73. The number of aliphatic hydroxyl groups is 8. The number of allylic oxidation sites excluding steroid dienone is 2. The van der Waals surface area contributed by atoms with Crippen molar-refractivity contribution in [2.24, 2.45) is 0 Å². The Morgan fingerprint density at radius 3 is 1.62 bits per heavy atom. The Labute approximate surface area is 229 Å². The van der Waals surface area contributed by atoms with E-state index in [1.54, 1.807) is 30.3 Å². The maximum atomic E-state index is 11.5. The molecule has 0 spiro atoms. The molecule has 10 unspecified atom stereocenters. The molecule has 2 fully saturated rings. The van der Waals surface area contributed by atoms with Crippen molar-refractivity contribution in [1.82, 2.24) is 0 Å². The van der Waals surface area contributed by atoms with E-state index in [0.717, 1.165) is 5.57 Å². The smallest absolute Gasteiger partial charge is 0.229 e. The normalized spacial score (nSPS) is 34.5. The van der Waals surface area contributed by atoms with E-state index in [-0.39, 0.29) is 28.9 Å². The number of benzene rings is 2. The van der Waals surface area contributed by atoms with Crippen LogP contribution >= 0.6 is 0 Å². The topological polar surface area (TPSA) is 219 Å². The van der Waals surface area contributed by atoms with E-state index < -0.39 is 80.4 Å². The van der Waals surface area contributed by atoms with Gasteiger partial charge in [0, 0.05) is 16.3 Å². The van der Waals surface area contributed by atoms with Gasteiger partial charge in [0.15, 0.2) is 11.5 Å². The molecule has 10 atom stereocenters. The van der Waals surface area contributed by atoms with Gasteiger partial charge in [0.2, 0.25) is 12.6 Å². The van der Waals surface area contributed by atoms with Gasteiger partial charge in [-0.25, -0.2) is 0 Å². The van der Waals surface area contributed by atoms with Crippen molar-refractivity contribution in [2.75, 3.05) is 13.2 Å². The molecular formula is C27H36O13. The van der Waals surface area contributed by atoms with Crippen LogP contribution in [-0.4, -0.2) is 121 Å². The zero-order valence-corrected chi connectivity index (χ0v) is 21.9. The Bertz CT molecular complexity index is 1190. The van der Waals surface area contributed by atoms with Crippen LogP contribution < -0.4 is 9.47 Å². The maximum Gasteiger partial charge on any atom is 0.229 e. The van der Waals surface area contributed by atoms with Crippen molar-refractivity contribution in [3.63, 3.8) is 0 Å². The van der Waals surface area contributed by atoms with Crippen LogP contribution in [0.25, 0.3) is 10.8 Å². The molecule has 222 valence electrons. The lowest BCUT2D eigenvalue weighted by Crippen LogP contribution is -2.60. The Balaban J connectivity index is 1.81. The molecule has 4 rings (SSSR count). The molecule has 0 saturated carbocycles. The fourth-order valence-corrected chi connectivity index (χ4v) is 4.73. The monoisotopic (exact) mass is 568 g/mol. The highest BCUT2D eigenvalue weighted by atomic mass is 16.7. The van der Waals surface area contributed by atoms with Crippen LogP contribution in [0.2, 0.25) is 0 Å². The van der Waals surface area contributed by atoms with Gasteiger partial charge in [-0.05, 0) is 20.3 Å². The van der Waals surface area contributed by atoms with E-state index in [2.05, 4.69) is 0 Å². The molecule has 2 heterocycles. The van der Waals surface area contributed by atoms with Gasteiger partial charge < -0.3 is 64.9 Å². The number of aromatic hydroxyl groups is 1. The highest BCUT2D eigenvalue weighted by molar-refractivity contribution is 5.97. The van der Waals surface area contributed by atoms with Crippen LogP contribution in [0, 0.1) is 0 Å². The van der Waals surface area contributed by atoms with Crippen molar-refractivity contribution in [3.05, 3.63) is 41.5 Å². The van der Waals surface area contributed by atoms with Crippen molar-refractivity contribution in [2.45, 2.75) is 81.7 Å². The molecule has 2 aliphatic heterocycles. The predicted octanol–water partition coefficient (Wildman–Crippen LogP) is -1.59. The number of rotatable bonds is 8. The highest BCUT2D eigenvalue weighted by Gasteiger charge is 2.47. The molecule has 2 saturated heterocycles. The first kappa shape index (κ1) is 30.4. The molecule has 0 radical (unpaired) electrons. The standard InChI is InChI=1S/C27H36O13/c1-11(2)7-8-14-17(30)25(40-27-23(36)21(34)19(32)16(10-29)38-27)13-6-4-3-5-12(13)24(14)39-26-22(35)20(33)18(31)15(9-28)37-26/h3-7,15-16,18-23,26-36H,8-10H2,1-2H3. The average molecular weight is 569 g/mol. The van der Waals surface area contributed by atoms with E-state index in [9.17, 15) is 46.0 Å². The number of hydrogen-bond acceptors (Lipinski definition) is 13. The summed E-state index contributed by atoms with van der Waals surface area (Å²) in [4.78, 5) is 0. The molecule has 2 aromatic rings. The second-order valence-electron chi connectivity index (χ2n) is 10.1. The molecule has 0 aromatic heterocycles. The summed E-state index contributed by atoms with van der Waals surface area (Å²) >= 11 is 0. The minimum absolute atomic E-state index is 0.0519. The van der Waals surface area contributed by atoms with Crippen molar-refractivity contribution in [3.8, 4) is 17.2 Å². The minimum atomic E-state index is -1.73. The largest absolute Gasteiger partial charge is 0.504 e. The third kappa shape index (κ3) is 5.76. The van der Waals surface area contributed by atoms with Crippen LogP contribution in [0.4, 0.5) is 0 Å².